The molecule has 0 aliphatic heterocycles. The first-order chi connectivity index (χ1) is 13.0. The van der Waals surface area contributed by atoms with Gasteiger partial charge in [-0.05, 0) is 44.0 Å². The van der Waals surface area contributed by atoms with Crippen molar-refractivity contribution in [2.45, 2.75) is 19.8 Å². The number of anilines is 1. The molecule has 3 aromatic rings. The Morgan fingerprint density at radius 3 is 2.78 bits per heavy atom. The summed E-state index contributed by atoms with van der Waals surface area (Å²) in [4.78, 5) is 16.7. The monoisotopic (exact) mass is 384 g/mol. The van der Waals surface area contributed by atoms with Crippen LogP contribution in [0.3, 0.4) is 0 Å². The third kappa shape index (κ3) is 3.96. The molecule has 7 nitrogen and oxygen atoms in total. The van der Waals surface area contributed by atoms with E-state index in [1.807, 2.05) is 0 Å². The van der Waals surface area contributed by atoms with Gasteiger partial charge in [-0.2, -0.15) is 10.4 Å². The molecule has 9 heteroatoms. The molecule has 0 spiro atoms. The normalized spacial score (nSPS) is 10.6. The molecule has 1 aromatic carbocycles. The number of carbonyl (C=O) groups excluding carboxylic acids is 1. The van der Waals surface area contributed by atoms with E-state index >= 15 is 0 Å². The third-order valence-corrected chi connectivity index (χ3v) is 4.93. The van der Waals surface area contributed by atoms with Crippen LogP contribution in [-0.4, -0.2) is 27.2 Å². The zero-order valence-corrected chi connectivity index (χ0v) is 15.4. The summed E-state index contributed by atoms with van der Waals surface area (Å²) in [6.45, 7) is 2.22. The quantitative estimate of drug-likeness (QED) is 0.635. The van der Waals surface area contributed by atoms with Gasteiger partial charge in [0.15, 0.2) is 0 Å². The number of hydrogen-bond acceptors (Lipinski definition) is 6. The van der Waals surface area contributed by atoms with Crippen molar-refractivity contribution in [3.05, 3.63) is 57.4 Å². The Hall–Kier alpha value is -3.25. The van der Waals surface area contributed by atoms with Crippen LogP contribution in [0.5, 0.6) is 0 Å². The highest BCUT2D eigenvalue weighted by atomic mass is 32.1. The van der Waals surface area contributed by atoms with Gasteiger partial charge in [-0.1, -0.05) is 0 Å². The molecule has 0 saturated carbocycles. The number of halogens is 1. The topological polar surface area (TPSA) is 110 Å². The fourth-order valence-corrected chi connectivity index (χ4v) is 3.33. The molecule has 3 N–H and O–H groups in total. The smallest absolute Gasteiger partial charge is 0.263 e. The van der Waals surface area contributed by atoms with E-state index in [-0.39, 0.29) is 17.5 Å². The van der Waals surface area contributed by atoms with Crippen molar-refractivity contribution in [2.24, 2.45) is 0 Å². The number of benzene rings is 1. The molecular formula is C18H17FN6OS. The molecule has 0 fully saturated rings. The van der Waals surface area contributed by atoms with Crippen molar-refractivity contribution >= 4 is 23.1 Å². The Labute approximate surface area is 159 Å². The Kier molecular flexibility index (Phi) is 5.47. The second-order valence-corrected chi connectivity index (χ2v) is 6.69. The SMILES string of the molecule is Cc1ncsc1C(=O)NCCCc1nn(-c2ccc(F)cc2)c(N)c1C#N. The minimum atomic E-state index is -0.364. The molecule has 0 radical (unpaired) electrons. The van der Waals surface area contributed by atoms with Crippen LogP contribution < -0.4 is 11.1 Å². The van der Waals surface area contributed by atoms with Gasteiger partial charge < -0.3 is 11.1 Å². The van der Waals surface area contributed by atoms with Gasteiger partial charge in [0.2, 0.25) is 0 Å². The van der Waals surface area contributed by atoms with Gasteiger partial charge in [0, 0.05) is 6.54 Å². The highest BCUT2D eigenvalue weighted by Crippen LogP contribution is 2.21. The zero-order valence-electron chi connectivity index (χ0n) is 14.6. The average molecular weight is 384 g/mol. The molecule has 3 rings (SSSR count). The molecule has 2 aromatic heterocycles. The first-order valence-corrected chi connectivity index (χ1v) is 9.11. The maximum Gasteiger partial charge on any atom is 0.263 e. The summed E-state index contributed by atoms with van der Waals surface area (Å²) in [6.07, 6.45) is 1.07. The largest absolute Gasteiger partial charge is 0.382 e. The number of nitrogen functional groups attached to an aromatic ring is 1. The van der Waals surface area contributed by atoms with Crippen LogP contribution in [0.4, 0.5) is 10.2 Å². The highest BCUT2D eigenvalue weighted by Gasteiger charge is 2.17. The predicted molar refractivity (Wildman–Crippen MR) is 100 cm³/mol. The minimum Gasteiger partial charge on any atom is -0.382 e. The molecule has 0 aliphatic carbocycles. The molecule has 0 aliphatic rings. The van der Waals surface area contributed by atoms with Crippen LogP contribution in [0.1, 0.15) is 33.0 Å². The van der Waals surface area contributed by atoms with Gasteiger partial charge in [0.1, 0.15) is 28.1 Å². The van der Waals surface area contributed by atoms with E-state index < -0.39 is 0 Å². The number of rotatable bonds is 6. The number of nitrogens with one attached hydrogen (secondary N) is 1. The second kappa shape index (κ2) is 7.97. The fourth-order valence-electron chi connectivity index (χ4n) is 2.61. The summed E-state index contributed by atoms with van der Waals surface area (Å²) in [7, 11) is 0. The molecule has 0 bridgehead atoms. The van der Waals surface area contributed by atoms with E-state index in [1.165, 1.54) is 28.2 Å². The lowest BCUT2D eigenvalue weighted by Gasteiger charge is -2.04. The zero-order chi connectivity index (χ0) is 19.4. The van der Waals surface area contributed by atoms with Gasteiger partial charge >= 0.3 is 0 Å². The van der Waals surface area contributed by atoms with Crippen LogP contribution in [0.25, 0.3) is 5.69 Å². The summed E-state index contributed by atoms with van der Waals surface area (Å²) in [5.41, 5.74) is 9.78. The summed E-state index contributed by atoms with van der Waals surface area (Å²) in [6, 6.07) is 7.76. The van der Waals surface area contributed by atoms with Crippen molar-refractivity contribution in [1.82, 2.24) is 20.1 Å². The summed E-state index contributed by atoms with van der Waals surface area (Å²) in [5, 5.41) is 16.6. The molecular weight excluding hydrogens is 367 g/mol. The molecule has 0 saturated heterocycles. The number of nitrogens with zero attached hydrogens (tertiary/aromatic N) is 4. The lowest BCUT2D eigenvalue weighted by Crippen LogP contribution is -2.24. The van der Waals surface area contributed by atoms with Crippen LogP contribution in [-0.2, 0) is 6.42 Å². The maximum absolute atomic E-state index is 13.1. The number of thiazole rings is 1. The van der Waals surface area contributed by atoms with Crippen LogP contribution >= 0.6 is 11.3 Å². The first-order valence-electron chi connectivity index (χ1n) is 8.23. The van der Waals surface area contributed by atoms with E-state index in [0.29, 0.717) is 46.9 Å². The number of hydrogen-bond donors (Lipinski definition) is 2. The number of nitriles is 1. The third-order valence-electron chi connectivity index (χ3n) is 4.00. The van der Waals surface area contributed by atoms with Crippen molar-refractivity contribution in [3.8, 4) is 11.8 Å². The van der Waals surface area contributed by atoms with Gasteiger partial charge in [-0.15, -0.1) is 11.3 Å². The molecule has 1 amide bonds. The summed E-state index contributed by atoms with van der Waals surface area (Å²) < 4.78 is 14.5. The van der Waals surface area contributed by atoms with Gasteiger partial charge in [0.25, 0.3) is 5.91 Å². The molecule has 27 heavy (non-hydrogen) atoms. The lowest BCUT2D eigenvalue weighted by molar-refractivity contribution is 0.0956. The van der Waals surface area contributed by atoms with Crippen molar-refractivity contribution in [2.75, 3.05) is 12.3 Å². The second-order valence-electron chi connectivity index (χ2n) is 5.83. The predicted octanol–water partition coefficient (Wildman–Crippen LogP) is 2.59. The van der Waals surface area contributed by atoms with E-state index in [2.05, 4.69) is 21.5 Å². The molecule has 0 unspecified atom stereocenters. The lowest BCUT2D eigenvalue weighted by atomic mass is 10.1. The van der Waals surface area contributed by atoms with Crippen LogP contribution in [0, 0.1) is 24.1 Å². The number of nitrogens with two attached hydrogens (primary N) is 1. The van der Waals surface area contributed by atoms with Crippen LogP contribution in [0.2, 0.25) is 0 Å². The van der Waals surface area contributed by atoms with E-state index in [1.54, 1.807) is 24.6 Å². The minimum absolute atomic E-state index is 0.160. The Morgan fingerprint density at radius 2 is 2.15 bits per heavy atom. The van der Waals surface area contributed by atoms with Gasteiger partial charge in [-0.3, -0.25) is 4.79 Å². The van der Waals surface area contributed by atoms with E-state index in [9.17, 15) is 14.4 Å². The van der Waals surface area contributed by atoms with Crippen molar-refractivity contribution in [1.29, 1.82) is 5.26 Å². The first kappa shape index (κ1) is 18.5. The number of carbonyl (C=O) groups is 1. The number of aromatic nitrogens is 3. The maximum atomic E-state index is 13.1. The molecule has 0 atom stereocenters. The van der Waals surface area contributed by atoms with Gasteiger partial charge in [-0.25, -0.2) is 14.1 Å². The Morgan fingerprint density at radius 1 is 1.41 bits per heavy atom. The Balaban J connectivity index is 1.66. The fraction of sp³-hybridized carbons (Fsp3) is 0.222. The average Bonchev–Trinajstić information content (AvgIpc) is 3.22. The summed E-state index contributed by atoms with van der Waals surface area (Å²) in [5.74, 6) is -0.313. The van der Waals surface area contributed by atoms with E-state index in [4.69, 9.17) is 5.73 Å². The summed E-state index contributed by atoms with van der Waals surface area (Å²) >= 11 is 1.30. The van der Waals surface area contributed by atoms with Crippen molar-refractivity contribution in [3.63, 3.8) is 0 Å². The van der Waals surface area contributed by atoms with Gasteiger partial charge in [0.05, 0.1) is 22.6 Å². The Bertz CT molecular complexity index is 1000. The van der Waals surface area contributed by atoms with Crippen LogP contribution in [0.15, 0.2) is 29.8 Å². The molecule has 2 heterocycles. The number of aryl methyl sites for hydroxylation is 2. The number of amides is 1. The molecule has 138 valence electrons. The van der Waals surface area contributed by atoms with Crippen molar-refractivity contribution < 1.29 is 9.18 Å². The highest BCUT2D eigenvalue weighted by molar-refractivity contribution is 7.11. The van der Waals surface area contributed by atoms with E-state index in [0.717, 1.165) is 0 Å². The standard InChI is InChI=1S/C18H17FN6OS/c1-11-16(27-10-23-11)18(26)22-8-2-3-15-14(9-20)17(21)25(24-15)13-6-4-12(19)5-7-13/h4-7,10H,2-3,8,21H2,1H3,(H,22,26).